The van der Waals surface area contributed by atoms with E-state index in [-0.39, 0.29) is 0 Å². The average molecular weight is 308 g/mol. The van der Waals surface area contributed by atoms with Gasteiger partial charge in [-0.15, -0.1) is 0 Å². The zero-order chi connectivity index (χ0) is 14.8. The van der Waals surface area contributed by atoms with Crippen molar-refractivity contribution in [2.75, 3.05) is 40.3 Å². The maximum Gasteiger partial charge on any atom is 0.199 e. The first kappa shape index (κ1) is 14.9. The molecule has 0 saturated carbocycles. The Morgan fingerprint density at radius 2 is 2.10 bits per heavy atom. The van der Waals surface area contributed by atoms with Crippen molar-refractivity contribution in [2.45, 2.75) is 12.6 Å². The van der Waals surface area contributed by atoms with Crippen molar-refractivity contribution >= 4 is 22.6 Å². The van der Waals surface area contributed by atoms with E-state index in [1.165, 1.54) is 0 Å². The third-order valence-corrected chi connectivity index (χ3v) is 4.62. The molecule has 1 saturated heterocycles. The Morgan fingerprint density at radius 1 is 1.29 bits per heavy atom. The van der Waals surface area contributed by atoms with E-state index in [0.29, 0.717) is 11.3 Å². The highest BCUT2D eigenvalue weighted by Gasteiger charge is 2.22. The minimum absolute atomic E-state index is 0.498. The van der Waals surface area contributed by atoms with Crippen LogP contribution < -0.4 is 5.32 Å². The van der Waals surface area contributed by atoms with E-state index in [1.807, 2.05) is 18.2 Å². The van der Waals surface area contributed by atoms with Crippen molar-refractivity contribution in [1.82, 2.24) is 15.1 Å². The monoisotopic (exact) mass is 307 g/mol. The predicted molar refractivity (Wildman–Crippen MR) is 86.8 cm³/mol. The highest BCUT2D eigenvalue weighted by atomic mass is 35.5. The summed E-state index contributed by atoms with van der Waals surface area (Å²) in [6.45, 7) is 5.06. The third-order valence-electron chi connectivity index (χ3n) is 4.31. The van der Waals surface area contributed by atoms with Gasteiger partial charge in [-0.05, 0) is 31.8 Å². The van der Waals surface area contributed by atoms with Crippen LogP contribution >= 0.6 is 11.6 Å². The zero-order valence-electron chi connectivity index (χ0n) is 12.6. The standard InChI is InChI=1S/C16H22ClN3O/c1-19-7-8-20(2)12(11-19)9-18-10-14-13-5-3-4-6-15(13)21-16(14)17/h3-6,12,18H,7-11H2,1-2H3. The first-order chi connectivity index (χ1) is 10.1. The molecule has 0 amide bonds. The summed E-state index contributed by atoms with van der Waals surface area (Å²) in [5.74, 6) is 0. The quantitative estimate of drug-likeness (QED) is 0.940. The lowest BCUT2D eigenvalue weighted by Gasteiger charge is -2.37. The third kappa shape index (κ3) is 3.24. The molecule has 2 aromatic rings. The maximum atomic E-state index is 6.22. The van der Waals surface area contributed by atoms with Crippen molar-refractivity contribution in [2.24, 2.45) is 0 Å². The van der Waals surface area contributed by atoms with Crippen molar-refractivity contribution in [3.8, 4) is 0 Å². The highest BCUT2D eigenvalue weighted by molar-refractivity contribution is 6.30. The predicted octanol–water partition coefficient (Wildman–Crippen LogP) is 2.42. The van der Waals surface area contributed by atoms with Crippen LogP contribution in [0.25, 0.3) is 11.0 Å². The van der Waals surface area contributed by atoms with Gasteiger partial charge in [0.15, 0.2) is 5.22 Å². The number of fused-ring (bicyclic) bond motifs is 1. The molecule has 2 heterocycles. The van der Waals surface area contributed by atoms with Gasteiger partial charge in [-0.2, -0.15) is 0 Å². The van der Waals surface area contributed by atoms with Gasteiger partial charge in [0.25, 0.3) is 0 Å². The fraction of sp³-hybridized carbons (Fsp3) is 0.500. The lowest BCUT2D eigenvalue weighted by molar-refractivity contribution is 0.113. The summed E-state index contributed by atoms with van der Waals surface area (Å²) >= 11 is 6.22. The summed E-state index contributed by atoms with van der Waals surface area (Å²) in [4.78, 5) is 4.80. The van der Waals surface area contributed by atoms with Gasteiger partial charge >= 0.3 is 0 Å². The number of furan rings is 1. The van der Waals surface area contributed by atoms with Crippen molar-refractivity contribution in [1.29, 1.82) is 0 Å². The summed E-state index contributed by atoms with van der Waals surface area (Å²) in [5, 5.41) is 5.13. The highest BCUT2D eigenvalue weighted by Crippen LogP contribution is 2.29. The lowest BCUT2D eigenvalue weighted by Crippen LogP contribution is -2.53. The Labute approximate surface area is 130 Å². The van der Waals surface area contributed by atoms with Crippen LogP contribution in [-0.2, 0) is 6.54 Å². The van der Waals surface area contributed by atoms with Gasteiger partial charge in [-0.25, -0.2) is 0 Å². The van der Waals surface area contributed by atoms with Crippen LogP contribution in [0.1, 0.15) is 5.56 Å². The fourth-order valence-corrected chi connectivity index (χ4v) is 3.17. The van der Waals surface area contributed by atoms with Crippen LogP contribution in [-0.4, -0.2) is 56.1 Å². The summed E-state index contributed by atoms with van der Waals surface area (Å²) in [6.07, 6.45) is 0. The second kappa shape index (κ2) is 6.36. The van der Waals surface area contributed by atoms with Crippen LogP contribution in [0.4, 0.5) is 0 Å². The number of piperazine rings is 1. The van der Waals surface area contributed by atoms with Crippen LogP contribution in [0.3, 0.4) is 0 Å². The van der Waals surface area contributed by atoms with Gasteiger partial charge in [-0.3, -0.25) is 4.90 Å². The molecule has 0 spiro atoms. The average Bonchev–Trinajstić information content (AvgIpc) is 2.79. The summed E-state index contributed by atoms with van der Waals surface area (Å²) < 4.78 is 5.59. The molecule has 1 fully saturated rings. The number of halogens is 1. The van der Waals surface area contributed by atoms with Crippen LogP contribution in [0.5, 0.6) is 0 Å². The molecular formula is C16H22ClN3O. The molecular weight excluding hydrogens is 286 g/mol. The normalized spacial score (nSPS) is 21.2. The Bertz CT molecular complexity index is 613. The first-order valence-electron chi connectivity index (χ1n) is 7.40. The number of likely N-dealkylation sites (N-methyl/N-ethyl adjacent to an activating group) is 2. The molecule has 1 aromatic heterocycles. The van der Waals surface area contributed by atoms with Crippen LogP contribution in [0, 0.1) is 0 Å². The minimum Gasteiger partial charge on any atom is -0.444 e. The van der Waals surface area contributed by atoms with E-state index in [1.54, 1.807) is 0 Å². The van der Waals surface area contributed by atoms with Crippen LogP contribution in [0.2, 0.25) is 5.22 Å². The molecule has 1 N–H and O–H groups in total. The Hall–Kier alpha value is -1.07. The fourth-order valence-electron chi connectivity index (χ4n) is 2.92. The van der Waals surface area contributed by atoms with Gasteiger partial charge < -0.3 is 14.6 Å². The van der Waals surface area contributed by atoms with E-state index >= 15 is 0 Å². The summed E-state index contributed by atoms with van der Waals surface area (Å²) in [5.41, 5.74) is 1.91. The molecule has 0 radical (unpaired) electrons. The Morgan fingerprint density at radius 3 is 2.95 bits per heavy atom. The van der Waals surface area contributed by atoms with Crippen molar-refractivity contribution < 1.29 is 4.42 Å². The van der Waals surface area contributed by atoms with Crippen molar-refractivity contribution in [3.05, 3.63) is 35.0 Å². The first-order valence-corrected chi connectivity index (χ1v) is 7.78. The van der Waals surface area contributed by atoms with Gasteiger partial charge in [0, 0.05) is 49.7 Å². The van der Waals surface area contributed by atoms with Gasteiger partial charge in [0.05, 0.1) is 0 Å². The number of benzene rings is 1. The zero-order valence-corrected chi connectivity index (χ0v) is 13.4. The molecule has 1 atom stereocenters. The summed E-state index contributed by atoms with van der Waals surface area (Å²) in [7, 11) is 4.38. The van der Waals surface area contributed by atoms with Gasteiger partial charge in [0.2, 0.25) is 0 Å². The number of hydrogen-bond acceptors (Lipinski definition) is 4. The van der Waals surface area contributed by atoms with E-state index in [9.17, 15) is 0 Å². The number of hydrogen-bond donors (Lipinski definition) is 1. The summed E-state index contributed by atoms with van der Waals surface area (Å²) in [6, 6.07) is 8.53. The number of rotatable bonds is 4. The maximum absolute atomic E-state index is 6.22. The smallest absolute Gasteiger partial charge is 0.199 e. The Kier molecular flexibility index (Phi) is 4.50. The molecule has 114 valence electrons. The van der Waals surface area contributed by atoms with Crippen LogP contribution in [0.15, 0.2) is 28.7 Å². The molecule has 1 aliphatic rings. The molecule has 3 rings (SSSR count). The molecule has 5 heteroatoms. The van der Waals surface area contributed by atoms with E-state index in [0.717, 1.165) is 49.3 Å². The molecule has 0 bridgehead atoms. The number of nitrogens with zero attached hydrogens (tertiary/aromatic N) is 2. The van der Waals surface area contributed by atoms with Gasteiger partial charge in [-0.1, -0.05) is 18.2 Å². The molecule has 1 aromatic carbocycles. The van der Waals surface area contributed by atoms with E-state index < -0.39 is 0 Å². The van der Waals surface area contributed by atoms with Gasteiger partial charge in [0.1, 0.15) is 5.58 Å². The van der Waals surface area contributed by atoms with Crippen molar-refractivity contribution in [3.63, 3.8) is 0 Å². The number of nitrogens with one attached hydrogen (secondary N) is 1. The molecule has 0 aliphatic carbocycles. The SMILES string of the molecule is CN1CCN(C)C(CNCc2c(Cl)oc3ccccc23)C1. The largest absolute Gasteiger partial charge is 0.444 e. The molecule has 1 unspecified atom stereocenters. The molecule has 1 aliphatic heterocycles. The Balaban J connectivity index is 1.63. The lowest BCUT2D eigenvalue weighted by atomic mass is 10.1. The number of para-hydroxylation sites is 1. The molecule has 21 heavy (non-hydrogen) atoms. The van der Waals surface area contributed by atoms with E-state index in [2.05, 4.69) is 35.3 Å². The minimum atomic E-state index is 0.498. The molecule has 4 nitrogen and oxygen atoms in total. The second-order valence-corrected chi connectivity index (χ2v) is 6.22. The van der Waals surface area contributed by atoms with E-state index in [4.69, 9.17) is 16.0 Å². The topological polar surface area (TPSA) is 31.6 Å². The second-order valence-electron chi connectivity index (χ2n) is 5.88.